The molecule has 0 aliphatic carbocycles. The summed E-state index contributed by atoms with van der Waals surface area (Å²) in [6.45, 7) is 6.02. The number of hydrogen-bond donors (Lipinski definition) is 1. The largest absolute Gasteiger partial charge is 0.334 e. The summed E-state index contributed by atoms with van der Waals surface area (Å²) in [5.74, 6) is 0.111. The van der Waals surface area contributed by atoms with Gasteiger partial charge in [0.1, 0.15) is 4.88 Å². The first kappa shape index (κ1) is 13.5. The molecule has 18 heavy (non-hydrogen) atoms. The van der Waals surface area contributed by atoms with E-state index in [4.69, 9.17) is 0 Å². The van der Waals surface area contributed by atoms with Gasteiger partial charge in [0.15, 0.2) is 0 Å². The molecule has 0 saturated carbocycles. The molecule has 1 saturated heterocycles. The molecule has 1 atom stereocenters. The number of thiazole rings is 1. The van der Waals surface area contributed by atoms with E-state index in [2.05, 4.69) is 24.1 Å². The molecule has 4 nitrogen and oxygen atoms in total. The third kappa shape index (κ3) is 3.29. The molecular weight excluding hydrogens is 246 g/mol. The lowest BCUT2D eigenvalue weighted by molar-refractivity contribution is 0.0681. The number of nitrogens with one attached hydrogen (secondary N) is 1. The normalized spacial score (nSPS) is 20.1. The minimum absolute atomic E-state index is 0.111. The van der Waals surface area contributed by atoms with Crippen molar-refractivity contribution >= 4 is 17.2 Å². The smallest absolute Gasteiger partial charge is 0.265 e. The number of carbonyl (C=O) groups excluding carboxylic acids is 1. The van der Waals surface area contributed by atoms with E-state index < -0.39 is 0 Å². The SMILES string of the molecule is CC(C)N(CC1CCCCN1)C(=O)c1cncs1. The Hall–Kier alpha value is -0.940. The van der Waals surface area contributed by atoms with Crippen molar-refractivity contribution in [1.29, 1.82) is 0 Å². The summed E-state index contributed by atoms with van der Waals surface area (Å²) in [5, 5.41) is 3.50. The van der Waals surface area contributed by atoms with Gasteiger partial charge in [0.05, 0.1) is 11.7 Å². The van der Waals surface area contributed by atoms with Crippen molar-refractivity contribution in [2.45, 2.75) is 45.2 Å². The summed E-state index contributed by atoms with van der Waals surface area (Å²) in [5.41, 5.74) is 1.71. The highest BCUT2D eigenvalue weighted by Gasteiger charge is 2.24. The Balaban J connectivity index is 2.01. The first-order valence-corrected chi connectivity index (χ1v) is 7.49. The van der Waals surface area contributed by atoms with E-state index in [1.807, 2.05) is 4.90 Å². The number of rotatable bonds is 4. The molecule has 0 spiro atoms. The Bertz CT molecular complexity index is 372. The fourth-order valence-electron chi connectivity index (χ4n) is 2.31. The standard InChI is InChI=1S/C13H21N3OS/c1-10(2)16(8-11-5-3-4-6-15-11)13(17)12-7-14-9-18-12/h7,9-11,15H,3-6,8H2,1-2H3. The van der Waals surface area contributed by atoms with Crippen molar-refractivity contribution in [3.8, 4) is 0 Å². The maximum atomic E-state index is 12.4. The van der Waals surface area contributed by atoms with Gasteiger partial charge >= 0.3 is 0 Å². The molecule has 1 fully saturated rings. The van der Waals surface area contributed by atoms with Crippen molar-refractivity contribution in [2.24, 2.45) is 0 Å². The van der Waals surface area contributed by atoms with E-state index in [0.29, 0.717) is 6.04 Å². The summed E-state index contributed by atoms with van der Waals surface area (Å²) in [6.07, 6.45) is 5.34. The molecule has 1 aromatic rings. The van der Waals surface area contributed by atoms with Gasteiger partial charge in [-0.15, -0.1) is 11.3 Å². The van der Waals surface area contributed by atoms with Gasteiger partial charge in [-0.25, -0.2) is 0 Å². The fraction of sp³-hybridized carbons (Fsp3) is 0.692. The van der Waals surface area contributed by atoms with Crippen molar-refractivity contribution in [2.75, 3.05) is 13.1 Å². The fourth-order valence-corrected chi connectivity index (χ4v) is 2.88. The lowest BCUT2D eigenvalue weighted by Crippen LogP contribution is -2.48. The first-order valence-electron chi connectivity index (χ1n) is 6.61. The monoisotopic (exact) mass is 267 g/mol. The molecule has 0 radical (unpaired) electrons. The Morgan fingerprint density at radius 1 is 1.61 bits per heavy atom. The van der Waals surface area contributed by atoms with E-state index in [9.17, 15) is 4.79 Å². The highest BCUT2D eigenvalue weighted by Crippen LogP contribution is 2.15. The van der Waals surface area contributed by atoms with Crippen LogP contribution in [-0.4, -0.2) is 41.0 Å². The minimum atomic E-state index is 0.111. The number of carbonyl (C=O) groups is 1. The van der Waals surface area contributed by atoms with Crippen molar-refractivity contribution in [3.63, 3.8) is 0 Å². The molecule has 2 rings (SSSR count). The molecule has 0 aromatic carbocycles. The van der Waals surface area contributed by atoms with Gasteiger partial charge in [-0.3, -0.25) is 9.78 Å². The molecule has 1 aliphatic rings. The quantitative estimate of drug-likeness (QED) is 0.909. The zero-order valence-corrected chi connectivity index (χ0v) is 11.9. The zero-order valence-electron chi connectivity index (χ0n) is 11.1. The number of hydrogen-bond acceptors (Lipinski definition) is 4. The molecule has 1 amide bonds. The van der Waals surface area contributed by atoms with Gasteiger partial charge in [-0.1, -0.05) is 6.42 Å². The summed E-state index contributed by atoms with van der Waals surface area (Å²) < 4.78 is 0. The lowest BCUT2D eigenvalue weighted by atomic mass is 10.0. The zero-order chi connectivity index (χ0) is 13.0. The Morgan fingerprint density at radius 2 is 2.44 bits per heavy atom. The number of nitrogens with zero attached hydrogens (tertiary/aromatic N) is 2. The predicted molar refractivity (Wildman–Crippen MR) is 73.9 cm³/mol. The van der Waals surface area contributed by atoms with Crippen LogP contribution in [0.3, 0.4) is 0 Å². The van der Waals surface area contributed by atoms with Crippen molar-refractivity contribution in [3.05, 3.63) is 16.6 Å². The summed E-state index contributed by atoms with van der Waals surface area (Å²) >= 11 is 1.42. The minimum Gasteiger partial charge on any atom is -0.334 e. The van der Waals surface area contributed by atoms with E-state index in [0.717, 1.165) is 18.0 Å². The van der Waals surface area contributed by atoms with Gasteiger partial charge in [0, 0.05) is 18.6 Å². The first-order chi connectivity index (χ1) is 8.68. The molecule has 100 valence electrons. The van der Waals surface area contributed by atoms with E-state index >= 15 is 0 Å². The third-order valence-electron chi connectivity index (χ3n) is 3.36. The Labute approximate surface area is 112 Å². The number of amides is 1. The topological polar surface area (TPSA) is 45.2 Å². The maximum Gasteiger partial charge on any atom is 0.265 e. The van der Waals surface area contributed by atoms with Crippen LogP contribution in [0.15, 0.2) is 11.7 Å². The van der Waals surface area contributed by atoms with Crippen LogP contribution in [0.1, 0.15) is 42.8 Å². The van der Waals surface area contributed by atoms with E-state index in [1.165, 1.54) is 30.6 Å². The highest BCUT2D eigenvalue weighted by molar-refractivity contribution is 7.11. The number of aromatic nitrogens is 1. The van der Waals surface area contributed by atoms with Crippen LogP contribution in [0, 0.1) is 0 Å². The molecule has 1 N–H and O–H groups in total. The summed E-state index contributed by atoms with van der Waals surface area (Å²) in [6, 6.07) is 0.668. The third-order valence-corrected chi connectivity index (χ3v) is 4.12. The van der Waals surface area contributed by atoms with Gasteiger partial charge < -0.3 is 10.2 Å². The second-order valence-corrected chi connectivity index (χ2v) is 5.95. The summed E-state index contributed by atoms with van der Waals surface area (Å²) in [4.78, 5) is 19.1. The van der Waals surface area contributed by atoms with Crippen LogP contribution in [0.25, 0.3) is 0 Å². The molecule has 2 heterocycles. The second kappa shape index (κ2) is 6.29. The number of piperidine rings is 1. The predicted octanol–water partition coefficient (Wildman–Crippen LogP) is 2.14. The molecular formula is C13H21N3OS. The molecule has 1 aromatic heterocycles. The summed E-state index contributed by atoms with van der Waals surface area (Å²) in [7, 11) is 0. The van der Waals surface area contributed by atoms with Crippen LogP contribution in [0.2, 0.25) is 0 Å². The van der Waals surface area contributed by atoms with E-state index in [-0.39, 0.29) is 11.9 Å². The second-order valence-electron chi connectivity index (χ2n) is 5.06. The average molecular weight is 267 g/mol. The van der Waals surface area contributed by atoms with Crippen LogP contribution < -0.4 is 5.32 Å². The van der Waals surface area contributed by atoms with Gasteiger partial charge in [0.25, 0.3) is 5.91 Å². The molecule has 1 unspecified atom stereocenters. The lowest BCUT2D eigenvalue weighted by Gasteiger charge is -2.32. The highest BCUT2D eigenvalue weighted by atomic mass is 32.1. The average Bonchev–Trinajstić information content (AvgIpc) is 2.90. The van der Waals surface area contributed by atoms with E-state index in [1.54, 1.807) is 11.7 Å². The van der Waals surface area contributed by atoms with Crippen molar-refractivity contribution < 1.29 is 4.79 Å². The van der Waals surface area contributed by atoms with Crippen LogP contribution in [0.5, 0.6) is 0 Å². The van der Waals surface area contributed by atoms with Gasteiger partial charge in [-0.05, 0) is 33.2 Å². The molecule has 0 bridgehead atoms. The molecule has 1 aliphatic heterocycles. The molecule has 5 heteroatoms. The van der Waals surface area contributed by atoms with Gasteiger partial charge in [0.2, 0.25) is 0 Å². The Morgan fingerprint density at radius 3 is 3.00 bits per heavy atom. The Kier molecular flexibility index (Phi) is 4.72. The van der Waals surface area contributed by atoms with Crippen LogP contribution in [0.4, 0.5) is 0 Å². The van der Waals surface area contributed by atoms with Crippen molar-refractivity contribution in [1.82, 2.24) is 15.2 Å². The van der Waals surface area contributed by atoms with Gasteiger partial charge in [-0.2, -0.15) is 0 Å². The van der Waals surface area contributed by atoms with Crippen LogP contribution in [-0.2, 0) is 0 Å². The van der Waals surface area contributed by atoms with Crippen LogP contribution >= 0.6 is 11.3 Å². The maximum absolute atomic E-state index is 12.4.